The van der Waals surface area contributed by atoms with Gasteiger partial charge in [0.25, 0.3) is 5.91 Å². The van der Waals surface area contributed by atoms with Crippen molar-refractivity contribution in [3.05, 3.63) is 82.7 Å². The van der Waals surface area contributed by atoms with Crippen LogP contribution in [0.1, 0.15) is 54.1 Å². The Morgan fingerprint density at radius 2 is 1.60 bits per heavy atom. The van der Waals surface area contributed by atoms with Gasteiger partial charge in [0, 0.05) is 56.9 Å². The number of ether oxygens (including phenoxy) is 1. The molecule has 0 heterocycles. The molecular weight excluding hydrogens is 521 g/mol. The highest BCUT2D eigenvalue weighted by molar-refractivity contribution is 6.04. The highest BCUT2D eigenvalue weighted by atomic mass is 19.4. The second-order valence-corrected chi connectivity index (χ2v) is 9.49. The molecule has 0 spiro atoms. The van der Waals surface area contributed by atoms with E-state index in [1.54, 1.807) is 36.5 Å². The number of anilines is 1. The number of methoxy groups -OCH3 is 1. The predicted molar refractivity (Wildman–Crippen MR) is 153 cm³/mol. The van der Waals surface area contributed by atoms with Gasteiger partial charge >= 0.3 is 12.1 Å². The van der Waals surface area contributed by atoms with Gasteiger partial charge in [0.2, 0.25) is 0 Å². The van der Waals surface area contributed by atoms with Crippen molar-refractivity contribution in [2.45, 2.75) is 38.8 Å². The molecule has 0 fully saturated rings. The number of esters is 1. The summed E-state index contributed by atoms with van der Waals surface area (Å²) in [5, 5.41) is 2.68. The number of likely N-dealkylation sites (N-methyl/N-ethyl adjacent to an activating group) is 1. The summed E-state index contributed by atoms with van der Waals surface area (Å²) >= 11 is 0. The number of halogens is 3. The molecule has 0 bridgehead atoms. The Balaban J connectivity index is 2.24. The van der Waals surface area contributed by atoms with E-state index in [1.807, 2.05) is 38.0 Å². The van der Waals surface area contributed by atoms with E-state index in [4.69, 9.17) is 4.74 Å². The lowest BCUT2D eigenvalue weighted by Gasteiger charge is -2.26. The maximum atomic E-state index is 12.8. The van der Waals surface area contributed by atoms with Crippen molar-refractivity contribution >= 4 is 29.5 Å². The van der Waals surface area contributed by atoms with Gasteiger partial charge < -0.3 is 19.9 Å². The van der Waals surface area contributed by atoms with Crippen molar-refractivity contribution in [3.63, 3.8) is 0 Å². The third-order valence-corrected chi connectivity index (χ3v) is 6.00. The number of nitrogens with one attached hydrogen (secondary N) is 1. The lowest BCUT2D eigenvalue weighted by molar-refractivity contribution is -0.140. The summed E-state index contributed by atoms with van der Waals surface area (Å²) in [6.07, 6.45) is 1.85. The first-order valence-corrected chi connectivity index (χ1v) is 12.8. The molecule has 7 nitrogen and oxygen atoms in total. The number of alkyl halides is 3. The van der Waals surface area contributed by atoms with Gasteiger partial charge in [-0.2, -0.15) is 13.2 Å². The van der Waals surface area contributed by atoms with E-state index in [0.29, 0.717) is 11.5 Å². The van der Waals surface area contributed by atoms with Crippen LogP contribution in [0, 0.1) is 0 Å². The molecule has 2 rings (SSSR count). The quantitative estimate of drug-likeness (QED) is 0.195. The number of unbranched alkanes of at least 4 members (excludes halogenated alkanes) is 1. The molecule has 2 aromatic carbocycles. The lowest BCUT2D eigenvalue weighted by atomic mass is 10.0. The molecule has 0 aliphatic rings. The minimum absolute atomic E-state index is 0.0892. The Labute approximate surface area is 234 Å². The van der Waals surface area contributed by atoms with E-state index >= 15 is 0 Å². The molecule has 0 saturated heterocycles. The number of amidine groups is 1. The van der Waals surface area contributed by atoms with Gasteiger partial charge in [-0.1, -0.05) is 25.5 Å². The third kappa shape index (κ3) is 9.59. The van der Waals surface area contributed by atoms with E-state index in [0.717, 1.165) is 60.4 Å². The average Bonchev–Trinajstić information content (AvgIpc) is 2.90. The first kappa shape index (κ1) is 32.1. The van der Waals surface area contributed by atoms with Gasteiger partial charge in [-0.25, -0.2) is 4.99 Å². The predicted octanol–water partition coefficient (Wildman–Crippen LogP) is 6.46. The van der Waals surface area contributed by atoms with Crippen molar-refractivity contribution in [3.8, 4) is 0 Å². The van der Waals surface area contributed by atoms with Crippen molar-refractivity contribution in [1.82, 2.24) is 9.80 Å². The Morgan fingerprint density at radius 1 is 0.975 bits per heavy atom. The summed E-state index contributed by atoms with van der Waals surface area (Å²) in [5.41, 5.74) is 2.42. The van der Waals surface area contributed by atoms with Crippen LogP contribution in [0.5, 0.6) is 0 Å². The van der Waals surface area contributed by atoms with Gasteiger partial charge in [-0.15, -0.1) is 0 Å². The summed E-state index contributed by atoms with van der Waals surface area (Å²) in [6.45, 7) is 2.11. The molecule has 0 aromatic heterocycles. The van der Waals surface area contributed by atoms with Crippen LogP contribution in [0.15, 0.2) is 71.0 Å². The zero-order valence-electron chi connectivity index (χ0n) is 23.8. The van der Waals surface area contributed by atoms with Crippen LogP contribution in [0.25, 0.3) is 6.08 Å². The monoisotopic (exact) mass is 558 g/mol. The van der Waals surface area contributed by atoms with E-state index in [2.05, 4.69) is 17.2 Å². The molecule has 0 unspecified atom stereocenters. The van der Waals surface area contributed by atoms with Crippen LogP contribution in [0.3, 0.4) is 0 Å². The van der Waals surface area contributed by atoms with Crippen molar-refractivity contribution in [2.24, 2.45) is 4.99 Å². The first-order chi connectivity index (χ1) is 18.9. The summed E-state index contributed by atoms with van der Waals surface area (Å²) < 4.78 is 43.2. The van der Waals surface area contributed by atoms with E-state index in [1.165, 1.54) is 7.11 Å². The van der Waals surface area contributed by atoms with Crippen LogP contribution in [0.2, 0.25) is 0 Å². The number of carbonyl (C=O) groups excluding carboxylic acids is 2. The molecule has 1 N–H and O–H groups in total. The zero-order chi connectivity index (χ0) is 29.9. The number of benzene rings is 2. The van der Waals surface area contributed by atoms with Crippen LogP contribution < -0.4 is 5.32 Å². The molecule has 0 saturated carbocycles. The molecule has 0 radical (unpaired) electrons. The molecule has 40 heavy (non-hydrogen) atoms. The number of hydrogen-bond acceptors (Lipinski definition) is 5. The fourth-order valence-electron chi connectivity index (χ4n) is 3.86. The number of nitrogens with zero attached hydrogens (tertiary/aromatic N) is 3. The minimum Gasteiger partial charge on any atom is -0.469 e. The molecular formula is C30H37F3N4O3. The Hall–Kier alpha value is -4.08. The topological polar surface area (TPSA) is 74.2 Å². The van der Waals surface area contributed by atoms with Crippen molar-refractivity contribution in [1.29, 1.82) is 0 Å². The Morgan fingerprint density at radius 3 is 2.10 bits per heavy atom. The maximum Gasteiger partial charge on any atom is 0.416 e. The van der Waals surface area contributed by atoms with Crippen LogP contribution in [0.4, 0.5) is 18.9 Å². The second kappa shape index (κ2) is 14.9. The van der Waals surface area contributed by atoms with Gasteiger partial charge in [0.15, 0.2) is 0 Å². The number of carbonyl (C=O) groups is 2. The van der Waals surface area contributed by atoms with Crippen LogP contribution in [-0.4, -0.2) is 62.8 Å². The number of rotatable bonds is 11. The molecule has 216 valence electrons. The van der Waals surface area contributed by atoms with Gasteiger partial charge in [0.05, 0.1) is 19.1 Å². The highest BCUT2D eigenvalue weighted by Crippen LogP contribution is 2.29. The van der Waals surface area contributed by atoms with Crippen LogP contribution in [-0.2, 0) is 15.7 Å². The molecule has 0 atom stereocenters. The molecule has 2 aromatic rings. The van der Waals surface area contributed by atoms with Gasteiger partial charge in [-0.05, 0) is 60.9 Å². The van der Waals surface area contributed by atoms with Crippen molar-refractivity contribution in [2.75, 3.05) is 40.6 Å². The maximum absolute atomic E-state index is 12.8. The summed E-state index contributed by atoms with van der Waals surface area (Å²) in [6, 6.07) is 11.0. The number of allylic oxidation sites excluding steroid dienone is 1. The van der Waals surface area contributed by atoms with E-state index in [9.17, 15) is 22.8 Å². The highest BCUT2D eigenvalue weighted by Gasteiger charge is 2.30. The van der Waals surface area contributed by atoms with Gasteiger partial charge in [0.1, 0.15) is 5.84 Å². The fraction of sp³-hybridized carbons (Fsp3) is 0.367. The minimum atomic E-state index is -4.46. The number of hydrogen-bond donors (Lipinski definition) is 1. The normalized spacial score (nSPS) is 12.7. The first-order valence-electron chi connectivity index (χ1n) is 12.8. The summed E-state index contributed by atoms with van der Waals surface area (Å²) in [5.74, 6) is -0.220. The smallest absolute Gasteiger partial charge is 0.416 e. The van der Waals surface area contributed by atoms with Crippen LogP contribution >= 0.6 is 0 Å². The number of aliphatic imine (C=N–C) groups is 1. The largest absolute Gasteiger partial charge is 0.469 e. The molecule has 1 amide bonds. The Bertz CT molecular complexity index is 1230. The second-order valence-electron chi connectivity index (χ2n) is 9.49. The number of amides is 1. The summed E-state index contributed by atoms with van der Waals surface area (Å²) in [7, 11) is 8.99. The molecule has 0 aliphatic carbocycles. The summed E-state index contributed by atoms with van der Waals surface area (Å²) in [4.78, 5) is 33.2. The standard InChI is InChI=1S/C30H37F3N4O3/c1-7-8-9-26(36(2)3)25(20-27(38)40-6)28(37(4)5)34-19-18-21-10-16-24(17-11-21)35-29(39)22-12-14-23(15-13-22)30(31,32)33/h10-19H,7-9,20H2,1-6H3,(H,35,39)/b19-18-,26-25+,34-28+. The third-order valence-electron chi connectivity index (χ3n) is 6.00. The molecule has 0 aliphatic heterocycles. The fourth-order valence-corrected chi connectivity index (χ4v) is 3.86. The SMILES string of the molecule is CCCC\C(=C(CC(=O)OC)/C(=N\C=C/c1ccc(NC(=O)c2ccc(C(F)(F)F)cc2)cc1)N(C)C)N(C)C. The van der Waals surface area contributed by atoms with E-state index in [-0.39, 0.29) is 18.0 Å². The van der Waals surface area contributed by atoms with E-state index < -0.39 is 17.6 Å². The average molecular weight is 559 g/mol. The Kier molecular flexibility index (Phi) is 12.0. The zero-order valence-corrected chi connectivity index (χ0v) is 23.8. The van der Waals surface area contributed by atoms with Crippen molar-refractivity contribution < 1.29 is 27.5 Å². The molecule has 10 heteroatoms. The van der Waals surface area contributed by atoms with Gasteiger partial charge in [-0.3, -0.25) is 9.59 Å². The lowest BCUT2D eigenvalue weighted by Crippen LogP contribution is -2.29.